The number of pyridine rings is 1. The van der Waals surface area contributed by atoms with Crippen molar-refractivity contribution < 1.29 is 14.9 Å². The lowest BCUT2D eigenvalue weighted by atomic mass is 10.1. The Hall–Kier alpha value is -1.82. The van der Waals surface area contributed by atoms with Gasteiger partial charge in [0.25, 0.3) is 0 Å². The van der Waals surface area contributed by atoms with Crippen molar-refractivity contribution in [3.05, 3.63) is 33.8 Å². The van der Waals surface area contributed by atoms with Crippen LogP contribution < -0.4 is 4.74 Å². The Morgan fingerprint density at radius 1 is 1.59 bits per heavy atom. The molecular weight excluding hydrogens is 224 g/mol. The van der Waals surface area contributed by atoms with Crippen molar-refractivity contribution in [3.8, 4) is 5.88 Å². The van der Waals surface area contributed by atoms with E-state index in [1.807, 2.05) is 0 Å². The molecule has 1 heterocycles. The van der Waals surface area contributed by atoms with Crippen LogP contribution in [0.3, 0.4) is 0 Å². The summed E-state index contributed by atoms with van der Waals surface area (Å²) >= 11 is 0. The Bertz CT molecular complexity index is 432. The average Bonchev–Trinajstić information content (AvgIpc) is 2.34. The van der Waals surface area contributed by atoms with Crippen LogP contribution in [0.5, 0.6) is 5.88 Å². The molecule has 0 bridgehead atoms. The molecular formula is C10H14N4O3. The van der Waals surface area contributed by atoms with E-state index in [0.29, 0.717) is 11.4 Å². The molecule has 0 fully saturated rings. The molecule has 0 aromatic carbocycles. The molecule has 1 aromatic rings. The van der Waals surface area contributed by atoms with Crippen LogP contribution in [0.2, 0.25) is 0 Å². The fraction of sp³-hybridized carbons (Fsp3) is 0.500. The minimum atomic E-state index is -1.15. The summed E-state index contributed by atoms with van der Waals surface area (Å²) in [6.07, 6.45) is -0.881. The molecule has 0 saturated heterocycles. The highest BCUT2D eigenvalue weighted by molar-refractivity contribution is 5.29. The number of methoxy groups -OCH3 is 1. The number of hydrogen-bond donors (Lipinski definition) is 2. The number of aryl methyl sites for hydroxylation is 1. The predicted molar refractivity (Wildman–Crippen MR) is 60.5 cm³/mol. The van der Waals surface area contributed by atoms with Crippen molar-refractivity contribution in [2.75, 3.05) is 13.7 Å². The van der Waals surface area contributed by atoms with Gasteiger partial charge in [-0.2, -0.15) is 0 Å². The molecule has 0 saturated carbocycles. The first-order valence-corrected chi connectivity index (χ1v) is 4.97. The third-order valence-electron chi connectivity index (χ3n) is 2.28. The van der Waals surface area contributed by atoms with Gasteiger partial charge in [0.15, 0.2) is 0 Å². The van der Waals surface area contributed by atoms with Crippen molar-refractivity contribution in [3.63, 3.8) is 0 Å². The molecule has 0 radical (unpaired) electrons. The maximum absolute atomic E-state index is 9.79. The second-order valence-electron chi connectivity index (χ2n) is 3.52. The molecule has 0 aliphatic carbocycles. The lowest BCUT2D eigenvalue weighted by molar-refractivity contribution is 0.0241. The maximum Gasteiger partial charge on any atom is 0.215 e. The Balaban J connectivity index is 2.85. The summed E-state index contributed by atoms with van der Waals surface area (Å²) in [7, 11) is 1.50. The van der Waals surface area contributed by atoms with E-state index < -0.39 is 12.2 Å². The van der Waals surface area contributed by atoms with Crippen molar-refractivity contribution >= 4 is 0 Å². The van der Waals surface area contributed by atoms with E-state index in [1.54, 1.807) is 13.0 Å². The smallest absolute Gasteiger partial charge is 0.215 e. The van der Waals surface area contributed by atoms with Crippen molar-refractivity contribution in [1.82, 2.24) is 4.98 Å². The van der Waals surface area contributed by atoms with Gasteiger partial charge >= 0.3 is 0 Å². The molecule has 0 aliphatic rings. The molecule has 1 aromatic heterocycles. The molecule has 17 heavy (non-hydrogen) atoms. The van der Waals surface area contributed by atoms with E-state index in [2.05, 4.69) is 15.0 Å². The molecule has 1 rings (SSSR count). The normalized spacial score (nSPS) is 13.6. The summed E-state index contributed by atoms with van der Waals surface area (Å²) in [4.78, 5) is 6.50. The van der Waals surface area contributed by atoms with Crippen LogP contribution in [0.25, 0.3) is 10.4 Å². The fourth-order valence-corrected chi connectivity index (χ4v) is 1.40. The summed E-state index contributed by atoms with van der Waals surface area (Å²) in [5.41, 5.74) is 9.31. The number of azide groups is 1. The van der Waals surface area contributed by atoms with Gasteiger partial charge in [0.2, 0.25) is 5.88 Å². The van der Waals surface area contributed by atoms with Crippen LogP contribution in [0.15, 0.2) is 17.4 Å². The van der Waals surface area contributed by atoms with Crippen molar-refractivity contribution in [2.45, 2.75) is 19.1 Å². The number of aliphatic hydroxyl groups excluding tert-OH is 2. The fourth-order valence-electron chi connectivity index (χ4n) is 1.40. The molecule has 2 unspecified atom stereocenters. The van der Waals surface area contributed by atoms with Gasteiger partial charge in [0, 0.05) is 22.2 Å². The lowest BCUT2D eigenvalue weighted by Crippen LogP contribution is -2.21. The van der Waals surface area contributed by atoms with E-state index >= 15 is 0 Å². The summed E-state index contributed by atoms with van der Waals surface area (Å²) in [5.74, 6) is 0.463. The molecule has 0 spiro atoms. The average molecular weight is 238 g/mol. The number of hydrogen-bond acceptors (Lipinski definition) is 5. The van der Waals surface area contributed by atoms with E-state index in [0.717, 1.165) is 5.56 Å². The Morgan fingerprint density at radius 2 is 2.29 bits per heavy atom. The Kier molecular flexibility index (Phi) is 4.71. The minimum absolute atomic E-state index is 0.192. The number of ether oxygens (including phenoxy) is 1. The first-order valence-electron chi connectivity index (χ1n) is 4.97. The van der Waals surface area contributed by atoms with Crippen LogP contribution in [-0.2, 0) is 0 Å². The highest BCUT2D eigenvalue weighted by Crippen LogP contribution is 2.21. The quantitative estimate of drug-likeness (QED) is 0.454. The number of nitrogens with zero attached hydrogens (tertiary/aromatic N) is 4. The minimum Gasteiger partial charge on any atom is -0.481 e. The zero-order chi connectivity index (χ0) is 12.8. The van der Waals surface area contributed by atoms with Crippen molar-refractivity contribution in [1.29, 1.82) is 0 Å². The maximum atomic E-state index is 9.79. The van der Waals surface area contributed by atoms with Crippen LogP contribution in [0.1, 0.15) is 17.2 Å². The molecule has 0 amide bonds. The molecule has 2 N–H and O–H groups in total. The third kappa shape index (κ3) is 3.32. The van der Waals surface area contributed by atoms with Gasteiger partial charge in [-0.15, -0.1) is 0 Å². The van der Waals surface area contributed by atoms with Crippen LogP contribution in [-0.4, -0.2) is 35.0 Å². The highest BCUT2D eigenvalue weighted by atomic mass is 16.5. The highest BCUT2D eigenvalue weighted by Gasteiger charge is 2.18. The van der Waals surface area contributed by atoms with E-state index in [9.17, 15) is 10.2 Å². The van der Waals surface area contributed by atoms with Gasteiger partial charge in [-0.25, -0.2) is 4.98 Å². The van der Waals surface area contributed by atoms with Crippen LogP contribution in [0, 0.1) is 6.92 Å². The summed E-state index contributed by atoms with van der Waals surface area (Å²) < 4.78 is 4.98. The zero-order valence-corrected chi connectivity index (χ0v) is 9.61. The standard InChI is InChI=1S/C10H14N4O3/c1-6-3-7(4-12-10(6)17-2)9(16)8(15)5-13-14-11/h3-4,8-9,15-16H,5H2,1-2H3. The number of aromatic nitrogens is 1. The van der Waals surface area contributed by atoms with E-state index in [1.165, 1.54) is 13.3 Å². The Morgan fingerprint density at radius 3 is 2.82 bits per heavy atom. The first-order chi connectivity index (χ1) is 8.10. The van der Waals surface area contributed by atoms with Gasteiger partial charge in [-0.3, -0.25) is 0 Å². The molecule has 7 heteroatoms. The van der Waals surface area contributed by atoms with Gasteiger partial charge in [-0.05, 0) is 18.5 Å². The monoisotopic (exact) mass is 238 g/mol. The molecule has 92 valence electrons. The summed E-state index contributed by atoms with van der Waals surface area (Å²) in [6, 6.07) is 1.66. The molecule has 2 atom stereocenters. The summed E-state index contributed by atoms with van der Waals surface area (Å²) in [5, 5.41) is 22.5. The number of aliphatic hydroxyl groups is 2. The van der Waals surface area contributed by atoms with Crippen LogP contribution >= 0.6 is 0 Å². The zero-order valence-electron chi connectivity index (χ0n) is 9.61. The first kappa shape index (κ1) is 13.2. The van der Waals surface area contributed by atoms with E-state index in [4.69, 9.17) is 10.3 Å². The largest absolute Gasteiger partial charge is 0.481 e. The second kappa shape index (κ2) is 6.05. The SMILES string of the molecule is COc1ncc(C(O)C(O)CN=[N+]=[N-])cc1C. The summed E-state index contributed by atoms with van der Waals surface area (Å²) in [6.45, 7) is 1.59. The lowest BCUT2D eigenvalue weighted by Gasteiger charge is -2.16. The van der Waals surface area contributed by atoms with Gasteiger partial charge in [0.1, 0.15) is 6.10 Å². The predicted octanol–water partition coefficient (Wildman–Crippen LogP) is 1.10. The molecule has 0 aliphatic heterocycles. The number of rotatable bonds is 5. The van der Waals surface area contributed by atoms with Gasteiger partial charge in [-0.1, -0.05) is 5.11 Å². The van der Waals surface area contributed by atoms with Gasteiger partial charge in [0.05, 0.1) is 19.8 Å². The third-order valence-corrected chi connectivity index (χ3v) is 2.28. The molecule has 7 nitrogen and oxygen atoms in total. The van der Waals surface area contributed by atoms with Crippen LogP contribution in [0.4, 0.5) is 0 Å². The van der Waals surface area contributed by atoms with Crippen molar-refractivity contribution in [2.24, 2.45) is 5.11 Å². The van der Waals surface area contributed by atoms with E-state index in [-0.39, 0.29) is 6.54 Å². The van der Waals surface area contributed by atoms with Gasteiger partial charge < -0.3 is 14.9 Å². The topological polar surface area (TPSA) is 111 Å². The Labute approximate surface area is 98.3 Å². The second-order valence-corrected chi connectivity index (χ2v) is 3.52.